The number of nitrogens with one attached hydrogen (secondary N) is 1. The summed E-state index contributed by atoms with van der Waals surface area (Å²) in [5, 5.41) is 3.37. The molecule has 5 heteroatoms. The molecule has 5 nitrogen and oxygen atoms in total. The average molecular weight is 412 g/mol. The summed E-state index contributed by atoms with van der Waals surface area (Å²) in [7, 11) is 0. The molecule has 0 atom stereocenters. The second-order valence-corrected chi connectivity index (χ2v) is 7.43. The first-order valence-corrected chi connectivity index (χ1v) is 10.4. The van der Waals surface area contributed by atoms with Gasteiger partial charge in [-0.25, -0.2) is 9.78 Å². The van der Waals surface area contributed by atoms with Crippen molar-refractivity contribution in [2.75, 3.05) is 13.2 Å². The molecule has 0 aliphatic heterocycles. The largest absolute Gasteiger partial charge is 0.452 e. The maximum absolute atomic E-state index is 13.1. The van der Waals surface area contributed by atoms with E-state index in [-0.39, 0.29) is 12.5 Å². The third kappa shape index (κ3) is 4.56. The van der Waals surface area contributed by atoms with E-state index in [1.165, 1.54) is 0 Å². The quantitative estimate of drug-likeness (QED) is 0.476. The predicted octanol–water partition coefficient (Wildman–Crippen LogP) is 4.57. The van der Waals surface area contributed by atoms with E-state index in [0.717, 1.165) is 52.6 Å². The predicted molar refractivity (Wildman–Crippen MR) is 122 cm³/mol. The number of amides is 1. The van der Waals surface area contributed by atoms with Crippen LogP contribution in [-0.2, 0) is 16.0 Å². The molecule has 0 fully saturated rings. The summed E-state index contributed by atoms with van der Waals surface area (Å²) in [5.74, 6) is -0.852. The van der Waals surface area contributed by atoms with Gasteiger partial charge in [-0.2, -0.15) is 0 Å². The second-order valence-electron chi connectivity index (χ2n) is 7.43. The molecule has 1 amide bonds. The fourth-order valence-corrected chi connectivity index (χ4v) is 3.90. The number of nitrogens with zero attached hydrogens (tertiary/aromatic N) is 1. The smallest absolute Gasteiger partial charge is 0.339 e. The van der Waals surface area contributed by atoms with E-state index in [0.29, 0.717) is 12.1 Å². The zero-order chi connectivity index (χ0) is 21.6. The van der Waals surface area contributed by atoms with Gasteiger partial charge in [-0.3, -0.25) is 4.79 Å². The number of esters is 1. The normalized spacial score (nSPS) is 14.1. The van der Waals surface area contributed by atoms with Crippen LogP contribution in [0.1, 0.15) is 40.0 Å². The highest BCUT2D eigenvalue weighted by molar-refractivity contribution is 6.07. The molecule has 31 heavy (non-hydrogen) atoms. The van der Waals surface area contributed by atoms with Crippen molar-refractivity contribution in [3.63, 3.8) is 0 Å². The molecule has 0 bridgehead atoms. The Hall–Kier alpha value is -3.73. The van der Waals surface area contributed by atoms with Crippen LogP contribution in [0.3, 0.4) is 0 Å². The SMILES string of the molecule is C=CCNC(=O)COC(=O)c1c2c(nc3ccccc13)/C(=C\c1ccccc1)CCC2. The Morgan fingerprint density at radius 1 is 1.06 bits per heavy atom. The van der Waals surface area contributed by atoms with Crippen LogP contribution < -0.4 is 5.32 Å². The van der Waals surface area contributed by atoms with Crippen LogP contribution in [0.15, 0.2) is 67.3 Å². The molecule has 1 aromatic heterocycles. The summed E-state index contributed by atoms with van der Waals surface area (Å²) in [6.45, 7) is 3.56. The van der Waals surface area contributed by atoms with Crippen molar-refractivity contribution >= 4 is 34.4 Å². The first-order valence-electron chi connectivity index (χ1n) is 10.4. The van der Waals surface area contributed by atoms with Crippen LogP contribution >= 0.6 is 0 Å². The minimum atomic E-state index is -0.496. The Morgan fingerprint density at radius 2 is 1.84 bits per heavy atom. The summed E-state index contributed by atoms with van der Waals surface area (Å²) in [5.41, 5.74) is 5.20. The van der Waals surface area contributed by atoms with Gasteiger partial charge in [0.15, 0.2) is 6.61 Å². The first kappa shape index (κ1) is 20.5. The molecular formula is C26H24N2O3. The molecule has 0 radical (unpaired) electrons. The molecule has 4 rings (SSSR count). The van der Waals surface area contributed by atoms with Gasteiger partial charge in [0.25, 0.3) is 5.91 Å². The van der Waals surface area contributed by atoms with Gasteiger partial charge in [0.1, 0.15) is 0 Å². The lowest BCUT2D eigenvalue weighted by Gasteiger charge is -2.22. The van der Waals surface area contributed by atoms with Crippen LogP contribution in [-0.4, -0.2) is 30.0 Å². The topological polar surface area (TPSA) is 68.3 Å². The number of hydrogen-bond acceptors (Lipinski definition) is 4. The van der Waals surface area contributed by atoms with Gasteiger partial charge in [-0.05, 0) is 48.1 Å². The maximum atomic E-state index is 13.1. The fourth-order valence-electron chi connectivity index (χ4n) is 3.90. The molecule has 1 heterocycles. The van der Waals surface area contributed by atoms with Crippen LogP contribution in [0, 0.1) is 0 Å². The monoisotopic (exact) mass is 412 g/mol. The number of pyridine rings is 1. The third-order valence-electron chi connectivity index (χ3n) is 5.29. The lowest BCUT2D eigenvalue weighted by Crippen LogP contribution is -2.29. The van der Waals surface area contributed by atoms with Gasteiger partial charge in [0.05, 0.1) is 16.8 Å². The number of benzene rings is 2. The van der Waals surface area contributed by atoms with Crippen molar-refractivity contribution in [3.8, 4) is 0 Å². The number of carbonyl (C=O) groups excluding carboxylic acids is 2. The maximum Gasteiger partial charge on any atom is 0.339 e. The summed E-state index contributed by atoms with van der Waals surface area (Å²) in [6.07, 6.45) is 6.27. The van der Waals surface area contributed by atoms with Gasteiger partial charge < -0.3 is 10.1 Å². The highest BCUT2D eigenvalue weighted by Gasteiger charge is 2.26. The number of rotatable bonds is 6. The Balaban J connectivity index is 1.75. The zero-order valence-corrected chi connectivity index (χ0v) is 17.3. The van der Waals surface area contributed by atoms with E-state index in [9.17, 15) is 9.59 Å². The Kier molecular flexibility index (Phi) is 6.22. The Morgan fingerprint density at radius 3 is 2.65 bits per heavy atom. The van der Waals surface area contributed by atoms with Crippen molar-refractivity contribution in [2.45, 2.75) is 19.3 Å². The number of hydrogen-bond donors (Lipinski definition) is 1. The summed E-state index contributed by atoms with van der Waals surface area (Å²) < 4.78 is 5.38. The summed E-state index contributed by atoms with van der Waals surface area (Å²) in [6, 6.07) is 17.7. The molecule has 0 unspecified atom stereocenters. The number of aromatic nitrogens is 1. The average Bonchev–Trinajstić information content (AvgIpc) is 2.80. The molecule has 1 aliphatic carbocycles. The van der Waals surface area contributed by atoms with Gasteiger partial charge >= 0.3 is 5.97 Å². The number of carbonyl (C=O) groups is 2. The van der Waals surface area contributed by atoms with Crippen molar-refractivity contribution in [3.05, 3.63) is 89.6 Å². The van der Waals surface area contributed by atoms with Crippen LogP contribution in [0.25, 0.3) is 22.6 Å². The van der Waals surface area contributed by atoms with E-state index >= 15 is 0 Å². The number of fused-ring (bicyclic) bond motifs is 2. The van der Waals surface area contributed by atoms with Crippen LogP contribution in [0.5, 0.6) is 0 Å². The number of allylic oxidation sites excluding steroid dienone is 1. The summed E-state index contributed by atoms with van der Waals surface area (Å²) >= 11 is 0. The van der Waals surface area contributed by atoms with Gasteiger partial charge in [-0.15, -0.1) is 6.58 Å². The molecule has 1 aliphatic rings. The Bertz CT molecular complexity index is 1170. The van der Waals surface area contributed by atoms with E-state index < -0.39 is 5.97 Å². The van der Waals surface area contributed by atoms with Crippen molar-refractivity contribution in [1.29, 1.82) is 0 Å². The molecule has 0 saturated heterocycles. The van der Waals surface area contributed by atoms with E-state index in [1.54, 1.807) is 6.08 Å². The van der Waals surface area contributed by atoms with Gasteiger partial charge in [0.2, 0.25) is 0 Å². The number of para-hydroxylation sites is 1. The number of ether oxygens (including phenoxy) is 1. The molecular weight excluding hydrogens is 388 g/mol. The molecule has 0 saturated carbocycles. The second kappa shape index (κ2) is 9.39. The molecule has 0 spiro atoms. The minimum Gasteiger partial charge on any atom is -0.452 e. The minimum absolute atomic E-state index is 0.329. The van der Waals surface area contributed by atoms with Crippen molar-refractivity contribution < 1.29 is 14.3 Å². The first-order chi connectivity index (χ1) is 15.2. The zero-order valence-electron chi connectivity index (χ0n) is 17.3. The highest BCUT2D eigenvalue weighted by Crippen LogP contribution is 2.36. The Labute approximate surface area is 181 Å². The highest BCUT2D eigenvalue weighted by atomic mass is 16.5. The lowest BCUT2D eigenvalue weighted by atomic mass is 9.86. The molecule has 3 aromatic rings. The fraction of sp³-hybridized carbons (Fsp3) is 0.192. The van der Waals surface area contributed by atoms with E-state index in [2.05, 4.69) is 30.1 Å². The van der Waals surface area contributed by atoms with Gasteiger partial charge in [0, 0.05) is 11.9 Å². The summed E-state index contributed by atoms with van der Waals surface area (Å²) in [4.78, 5) is 29.9. The van der Waals surface area contributed by atoms with E-state index in [4.69, 9.17) is 9.72 Å². The molecule has 156 valence electrons. The lowest BCUT2D eigenvalue weighted by molar-refractivity contribution is -0.124. The van der Waals surface area contributed by atoms with Crippen molar-refractivity contribution in [2.24, 2.45) is 0 Å². The van der Waals surface area contributed by atoms with Crippen molar-refractivity contribution in [1.82, 2.24) is 10.3 Å². The molecule has 1 N–H and O–H groups in total. The standard InChI is InChI=1S/C26H24N2O3/c1-2-15-27-23(29)17-31-26(30)24-20-12-6-7-14-22(20)28-25-19(11-8-13-21(24)25)16-18-9-4-3-5-10-18/h2-7,9-10,12,14,16H,1,8,11,13,15,17H2,(H,27,29)/b19-16-. The van der Waals surface area contributed by atoms with E-state index in [1.807, 2.05) is 42.5 Å². The third-order valence-corrected chi connectivity index (χ3v) is 5.29. The van der Waals surface area contributed by atoms with Crippen LogP contribution in [0.4, 0.5) is 0 Å². The van der Waals surface area contributed by atoms with Crippen LogP contribution in [0.2, 0.25) is 0 Å². The van der Waals surface area contributed by atoms with Gasteiger partial charge in [-0.1, -0.05) is 54.6 Å². The molecule has 2 aromatic carbocycles.